The van der Waals surface area contributed by atoms with Gasteiger partial charge in [0.1, 0.15) is 0 Å². The number of benzene rings is 1. The molecule has 0 bridgehead atoms. The summed E-state index contributed by atoms with van der Waals surface area (Å²) in [5, 5.41) is 5.70. The molecule has 0 aliphatic carbocycles. The van der Waals surface area contributed by atoms with Crippen LogP contribution in [0.5, 0.6) is 0 Å². The fourth-order valence-corrected chi connectivity index (χ4v) is 3.07. The Kier molecular flexibility index (Phi) is 5.04. The van der Waals surface area contributed by atoms with E-state index in [4.69, 9.17) is 0 Å². The maximum atomic E-state index is 12.0. The molecule has 128 valence electrons. The molecule has 3 rings (SSSR count). The van der Waals surface area contributed by atoms with E-state index >= 15 is 0 Å². The largest absolute Gasteiger partial charge is 0.325 e. The predicted molar refractivity (Wildman–Crippen MR) is 99.0 cm³/mol. The molecular formula is C18H18N4O2S. The van der Waals surface area contributed by atoms with Gasteiger partial charge in [-0.05, 0) is 49.2 Å². The van der Waals surface area contributed by atoms with Crippen LogP contribution in [0.2, 0.25) is 0 Å². The fourth-order valence-electron chi connectivity index (χ4n) is 2.30. The number of carbonyl (C=O) groups is 2. The minimum Gasteiger partial charge on any atom is -0.308 e. The normalized spacial score (nSPS) is 10.6. The Morgan fingerprint density at radius 3 is 2.80 bits per heavy atom. The zero-order valence-corrected chi connectivity index (χ0v) is 14.8. The van der Waals surface area contributed by atoms with Crippen LogP contribution in [0.15, 0.2) is 53.9 Å². The topological polar surface area (TPSA) is 75.5 Å². The summed E-state index contributed by atoms with van der Waals surface area (Å²) in [7, 11) is 0. The van der Waals surface area contributed by atoms with Gasteiger partial charge in [-0.15, -0.1) is 0 Å². The van der Waals surface area contributed by atoms with E-state index < -0.39 is 6.03 Å². The molecule has 0 saturated carbocycles. The van der Waals surface area contributed by atoms with Gasteiger partial charge in [-0.2, -0.15) is 0 Å². The summed E-state index contributed by atoms with van der Waals surface area (Å²) in [6.45, 7) is 3.97. The highest BCUT2D eigenvalue weighted by Crippen LogP contribution is 2.18. The van der Waals surface area contributed by atoms with E-state index in [9.17, 15) is 9.59 Å². The number of nitrogens with zero attached hydrogens (tertiary/aromatic N) is 2. The van der Waals surface area contributed by atoms with Crippen molar-refractivity contribution < 1.29 is 9.59 Å². The quantitative estimate of drug-likeness (QED) is 0.704. The first kappa shape index (κ1) is 17.0. The lowest BCUT2D eigenvalue weighted by molar-refractivity contribution is -0.117. The van der Waals surface area contributed by atoms with Crippen molar-refractivity contribution in [3.8, 4) is 0 Å². The number of amides is 3. The Labute approximate surface area is 149 Å². The maximum Gasteiger partial charge on any atom is 0.325 e. The summed E-state index contributed by atoms with van der Waals surface area (Å²) in [5.74, 6) is -0.270. The van der Waals surface area contributed by atoms with Crippen molar-refractivity contribution in [2.24, 2.45) is 0 Å². The first-order valence-corrected chi connectivity index (χ1v) is 8.74. The number of thioether (sulfide) groups is 1. The second kappa shape index (κ2) is 7.40. The number of nitrogens with one attached hydrogen (secondary N) is 2. The van der Waals surface area contributed by atoms with Crippen molar-refractivity contribution in [3.63, 3.8) is 0 Å². The summed E-state index contributed by atoms with van der Waals surface area (Å²) in [5.41, 5.74) is 3.83. The van der Waals surface area contributed by atoms with Gasteiger partial charge < -0.3 is 5.32 Å². The van der Waals surface area contributed by atoms with Gasteiger partial charge in [0.2, 0.25) is 5.91 Å². The van der Waals surface area contributed by atoms with Crippen LogP contribution in [-0.2, 0) is 4.79 Å². The minimum absolute atomic E-state index is 0.106. The lowest BCUT2D eigenvalue weighted by atomic mass is 10.1. The highest BCUT2D eigenvalue weighted by Gasteiger charge is 2.11. The molecule has 0 fully saturated rings. The third-order valence-corrected chi connectivity index (χ3v) is 4.72. The van der Waals surface area contributed by atoms with Crippen LogP contribution in [0.1, 0.15) is 11.1 Å². The number of urea groups is 1. The standard InChI is InChI=1S/C18H18N4O2S/c1-12-6-7-14(9-13(12)2)20-17(24)21-16(23)11-25-18-19-10-15-5-3-4-8-22(15)18/h3-10H,11H2,1-2H3,(H2,20,21,23,24). The molecule has 0 aliphatic rings. The van der Waals surface area contributed by atoms with Crippen LogP contribution < -0.4 is 10.6 Å². The van der Waals surface area contributed by atoms with Gasteiger partial charge >= 0.3 is 6.03 Å². The number of anilines is 1. The molecule has 2 aromatic heterocycles. The highest BCUT2D eigenvalue weighted by atomic mass is 32.2. The SMILES string of the molecule is Cc1ccc(NC(=O)NC(=O)CSc2ncc3ccccn23)cc1C. The number of imide groups is 1. The number of carbonyl (C=O) groups excluding carboxylic acids is 2. The van der Waals surface area contributed by atoms with Crippen LogP contribution in [0.25, 0.3) is 5.52 Å². The van der Waals surface area contributed by atoms with Crippen molar-refractivity contribution in [2.45, 2.75) is 19.0 Å². The summed E-state index contributed by atoms with van der Waals surface area (Å²) in [6.07, 6.45) is 3.63. The number of hydrogen-bond acceptors (Lipinski definition) is 4. The third-order valence-electron chi connectivity index (χ3n) is 3.75. The minimum atomic E-state index is -0.540. The number of fused-ring (bicyclic) bond motifs is 1. The molecule has 3 aromatic rings. The predicted octanol–water partition coefficient (Wildman–Crippen LogP) is 3.39. The monoisotopic (exact) mass is 354 g/mol. The molecule has 0 aliphatic heterocycles. The van der Waals surface area contributed by atoms with Crippen molar-refractivity contribution in [3.05, 3.63) is 59.9 Å². The van der Waals surface area contributed by atoms with Crippen molar-refractivity contribution >= 4 is 34.9 Å². The van der Waals surface area contributed by atoms with Gasteiger partial charge in [0.15, 0.2) is 5.16 Å². The van der Waals surface area contributed by atoms with Crippen LogP contribution in [0.3, 0.4) is 0 Å². The van der Waals surface area contributed by atoms with E-state index in [1.54, 1.807) is 12.3 Å². The zero-order valence-electron chi connectivity index (χ0n) is 13.9. The molecular weight excluding hydrogens is 336 g/mol. The first-order chi connectivity index (χ1) is 12.0. The molecule has 3 amide bonds. The van der Waals surface area contributed by atoms with E-state index in [-0.39, 0.29) is 11.7 Å². The summed E-state index contributed by atoms with van der Waals surface area (Å²) < 4.78 is 1.90. The second-order valence-corrected chi connectivity index (χ2v) is 6.57. The lowest BCUT2D eigenvalue weighted by Crippen LogP contribution is -2.35. The van der Waals surface area contributed by atoms with Crippen LogP contribution in [0, 0.1) is 13.8 Å². The van der Waals surface area contributed by atoms with Gasteiger partial charge in [-0.3, -0.25) is 14.5 Å². The van der Waals surface area contributed by atoms with E-state index in [0.717, 1.165) is 16.6 Å². The smallest absolute Gasteiger partial charge is 0.308 e. The average molecular weight is 354 g/mol. The first-order valence-electron chi connectivity index (χ1n) is 7.76. The molecule has 25 heavy (non-hydrogen) atoms. The molecule has 0 saturated heterocycles. The van der Waals surface area contributed by atoms with Crippen molar-refractivity contribution in [2.75, 3.05) is 11.1 Å². The molecule has 7 heteroatoms. The van der Waals surface area contributed by atoms with Gasteiger partial charge in [0.25, 0.3) is 0 Å². The van der Waals surface area contributed by atoms with E-state index in [0.29, 0.717) is 10.8 Å². The van der Waals surface area contributed by atoms with Crippen molar-refractivity contribution in [1.82, 2.24) is 14.7 Å². The third kappa shape index (κ3) is 4.19. The molecule has 1 aromatic carbocycles. The summed E-state index contributed by atoms with van der Waals surface area (Å²) in [6, 6.07) is 10.8. The Bertz CT molecular complexity index is 936. The maximum absolute atomic E-state index is 12.0. The Balaban J connectivity index is 1.53. The number of aromatic nitrogens is 2. The molecule has 2 N–H and O–H groups in total. The molecule has 0 atom stereocenters. The Morgan fingerprint density at radius 1 is 1.16 bits per heavy atom. The number of rotatable bonds is 4. The zero-order chi connectivity index (χ0) is 17.8. The molecule has 2 heterocycles. The van der Waals surface area contributed by atoms with Crippen molar-refractivity contribution in [1.29, 1.82) is 0 Å². The number of imidazole rings is 1. The summed E-state index contributed by atoms with van der Waals surface area (Å²) in [4.78, 5) is 28.2. The average Bonchev–Trinajstić information content (AvgIpc) is 2.99. The van der Waals surface area contributed by atoms with E-state index in [1.165, 1.54) is 11.8 Å². The van der Waals surface area contributed by atoms with Gasteiger partial charge in [-0.25, -0.2) is 9.78 Å². The number of hydrogen-bond donors (Lipinski definition) is 2. The molecule has 0 unspecified atom stereocenters. The summed E-state index contributed by atoms with van der Waals surface area (Å²) >= 11 is 1.28. The van der Waals surface area contributed by atoms with Crippen LogP contribution in [-0.4, -0.2) is 27.1 Å². The number of pyridine rings is 1. The highest BCUT2D eigenvalue weighted by molar-refractivity contribution is 7.99. The van der Waals surface area contributed by atoms with Gasteiger partial charge in [-0.1, -0.05) is 23.9 Å². The van der Waals surface area contributed by atoms with Gasteiger partial charge in [0.05, 0.1) is 17.5 Å². The van der Waals surface area contributed by atoms with Crippen LogP contribution in [0.4, 0.5) is 10.5 Å². The lowest BCUT2D eigenvalue weighted by Gasteiger charge is -2.08. The Morgan fingerprint density at radius 2 is 2.00 bits per heavy atom. The molecule has 0 spiro atoms. The van der Waals surface area contributed by atoms with E-state index in [2.05, 4.69) is 15.6 Å². The molecule has 0 radical (unpaired) electrons. The second-order valence-electron chi connectivity index (χ2n) is 5.63. The van der Waals surface area contributed by atoms with Crippen LogP contribution >= 0.6 is 11.8 Å². The van der Waals surface area contributed by atoms with E-state index in [1.807, 2.05) is 54.8 Å². The number of aryl methyl sites for hydroxylation is 2. The van der Waals surface area contributed by atoms with Gasteiger partial charge in [0, 0.05) is 11.9 Å². The Hall–Kier alpha value is -2.80. The molecule has 6 nitrogen and oxygen atoms in total. The fraction of sp³-hybridized carbons (Fsp3) is 0.167.